The van der Waals surface area contributed by atoms with Gasteiger partial charge in [-0.15, -0.1) is 11.3 Å². The van der Waals surface area contributed by atoms with Crippen molar-refractivity contribution < 1.29 is 9.53 Å². The zero-order valence-corrected chi connectivity index (χ0v) is 18.2. The van der Waals surface area contributed by atoms with Crippen molar-refractivity contribution in [3.8, 4) is 16.5 Å². The number of hydrogen-bond donors (Lipinski definition) is 1. The van der Waals surface area contributed by atoms with Crippen LogP contribution in [0, 0.1) is 28.1 Å². The molecule has 0 radical (unpaired) electrons. The van der Waals surface area contributed by atoms with E-state index in [1.54, 1.807) is 12.1 Å². The lowest BCUT2D eigenvalue weighted by molar-refractivity contribution is -0.119. The van der Waals surface area contributed by atoms with Crippen LogP contribution in [0.1, 0.15) is 37.5 Å². The Labute approximate surface area is 183 Å². The third kappa shape index (κ3) is 3.61. The van der Waals surface area contributed by atoms with Crippen LogP contribution in [0.25, 0.3) is 10.4 Å². The number of carbonyl (C=O) groups excluding carboxylic acids is 1. The quantitative estimate of drug-likeness (QED) is 0.566. The maximum Gasteiger partial charge on any atom is 0.205 e. The zero-order chi connectivity index (χ0) is 20.9. The third-order valence-electron chi connectivity index (χ3n) is 5.31. The van der Waals surface area contributed by atoms with E-state index in [4.69, 9.17) is 33.3 Å². The molecule has 2 unspecified atom stereocenters. The zero-order valence-electron chi connectivity index (χ0n) is 15.9. The Hall–Kier alpha value is -2.13. The summed E-state index contributed by atoms with van der Waals surface area (Å²) in [4.78, 5) is 14.8. The minimum Gasteiger partial charge on any atom is -0.446 e. The van der Waals surface area contributed by atoms with Crippen molar-refractivity contribution >= 4 is 46.2 Å². The van der Waals surface area contributed by atoms with Crippen molar-refractivity contribution in [2.75, 3.05) is 0 Å². The van der Waals surface area contributed by atoms with Gasteiger partial charge < -0.3 is 4.74 Å². The molecule has 2 aromatic rings. The van der Waals surface area contributed by atoms with Gasteiger partial charge in [0.15, 0.2) is 5.78 Å². The number of carbonyl (C=O) groups is 1. The molecule has 0 fully saturated rings. The highest BCUT2D eigenvalue weighted by Crippen LogP contribution is 2.50. The van der Waals surface area contributed by atoms with Crippen LogP contribution in [0.3, 0.4) is 0 Å². The van der Waals surface area contributed by atoms with Crippen LogP contribution in [0.5, 0.6) is 0 Å². The van der Waals surface area contributed by atoms with Crippen molar-refractivity contribution in [1.29, 1.82) is 10.7 Å². The van der Waals surface area contributed by atoms with Crippen molar-refractivity contribution in [3.63, 3.8) is 0 Å². The van der Waals surface area contributed by atoms with Gasteiger partial charge in [-0.3, -0.25) is 10.2 Å². The van der Waals surface area contributed by atoms with Crippen LogP contribution in [0.2, 0.25) is 10.0 Å². The molecule has 0 saturated heterocycles. The van der Waals surface area contributed by atoms with E-state index >= 15 is 0 Å². The SMILES string of the molecule is CC1(C)CC(=O)C2=C(C1)OC(=N)C(C#N)C2c1ccc(-c2ccc(Cl)cc2Cl)s1. The van der Waals surface area contributed by atoms with E-state index in [9.17, 15) is 10.1 Å². The van der Waals surface area contributed by atoms with E-state index in [0.717, 1.165) is 15.3 Å². The van der Waals surface area contributed by atoms with Crippen LogP contribution in [-0.2, 0) is 9.53 Å². The molecule has 2 heterocycles. The second-order valence-electron chi connectivity index (χ2n) is 8.15. The molecular formula is C22H18Cl2N2O2S. The summed E-state index contributed by atoms with van der Waals surface area (Å²) < 4.78 is 5.66. The third-order valence-corrected chi connectivity index (χ3v) is 7.06. The monoisotopic (exact) mass is 444 g/mol. The van der Waals surface area contributed by atoms with Crippen molar-refractivity contribution in [2.24, 2.45) is 11.3 Å². The summed E-state index contributed by atoms with van der Waals surface area (Å²) in [6, 6.07) is 11.3. The molecule has 1 aliphatic heterocycles. The molecule has 0 bridgehead atoms. The fourth-order valence-electron chi connectivity index (χ4n) is 4.02. The van der Waals surface area contributed by atoms with E-state index in [1.807, 2.05) is 32.0 Å². The van der Waals surface area contributed by atoms with Crippen LogP contribution in [-0.4, -0.2) is 11.7 Å². The van der Waals surface area contributed by atoms with Crippen molar-refractivity contribution in [2.45, 2.75) is 32.6 Å². The Morgan fingerprint density at radius 1 is 1.24 bits per heavy atom. The van der Waals surface area contributed by atoms with Gasteiger partial charge in [-0.2, -0.15) is 5.26 Å². The summed E-state index contributed by atoms with van der Waals surface area (Å²) in [6.45, 7) is 4.03. The predicted octanol–water partition coefficient (Wildman–Crippen LogP) is 6.60. The first-order valence-corrected chi connectivity index (χ1v) is 10.7. The summed E-state index contributed by atoms with van der Waals surface area (Å²) in [5, 5.41) is 19.1. The molecule has 7 heteroatoms. The molecule has 2 aliphatic rings. The molecule has 0 amide bonds. The molecular weight excluding hydrogens is 427 g/mol. The van der Waals surface area contributed by atoms with Gasteiger partial charge in [0, 0.05) is 44.7 Å². The number of nitrogens with zero attached hydrogens (tertiary/aromatic N) is 1. The highest BCUT2D eigenvalue weighted by molar-refractivity contribution is 7.15. The minimum atomic E-state index is -0.828. The lowest BCUT2D eigenvalue weighted by Gasteiger charge is -2.38. The molecule has 4 rings (SSSR count). The molecule has 1 N–H and O–H groups in total. The van der Waals surface area contributed by atoms with Gasteiger partial charge in [0.1, 0.15) is 11.7 Å². The van der Waals surface area contributed by atoms with Gasteiger partial charge in [0.2, 0.25) is 5.90 Å². The summed E-state index contributed by atoms with van der Waals surface area (Å²) >= 11 is 13.8. The van der Waals surface area contributed by atoms with Crippen LogP contribution in [0.15, 0.2) is 41.7 Å². The van der Waals surface area contributed by atoms with Crippen LogP contribution >= 0.6 is 34.5 Å². The molecule has 29 heavy (non-hydrogen) atoms. The van der Waals surface area contributed by atoms with Crippen LogP contribution < -0.4 is 0 Å². The second-order valence-corrected chi connectivity index (χ2v) is 10.1. The number of thiophene rings is 1. The smallest absolute Gasteiger partial charge is 0.205 e. The number of halogens is 2. The average Bonchev–Trinajstić information content (AvgIpc) is 3.08. The number of nitriles is 1. The normalized spacial score (nSPS) is 23.4. The highest BCUT2D eigenvalue weighted by atomic mass is 35.5. The summed E-state index contributed by atoms with van der Waals surface area (Å²) in [6.07, 6.45) is 0.977. The Morgan fingerprint density at radius 3 is 2.69 bits per heavy atom. The fourth-order valence-corrected chi connectivity index (χ4v) is 5.78. The standard InChI is InChI=1S/C22H18Cl2N2O2S/c1-22(2)8-15(27)20-16(9-22)28-21(26)13(10-25)19(20)18-6-5-17(29-18)12-4-3-11(23)7-14(12)24/h3-7,13,19,26H,8-9H2,1-2H3. The van der Waals surface area contributed by atoms with E-state index in [1.165, 1.54) is 11.3 Å². The fraction of sp³-hybridized carbons (Fsp3) is 0.318. The molecule has 1 aromatic heterocycles. The first kappa shape index (κ1) is 20.2. The van der Waals surface area contributed by atoms with Gasteiger partial charge in [-0.05, 0) is 29.7 Å². The number of rotatable bonds is 2. The maximum atomic E-state index is 13.0. The van der Waals surface area contributed by atoms with E-state index < -0.39 is 11.8 Å². The van der Waals surface area contributed by atoms with Gasteiger partial charge >= 0.3 is 0 Å². The van der Waals surface area contributed by atoms with Gasteiger partial charge in [-0.1, -0.05) is 43.1 Å². The number of Topliss-reactive ketones (excluding diaryl/α,β-unsaturated/α-hetero) is 1. The van der Waals surface area contributed by atoms with E-state index in [2.05, 4.69) is 6.07 Å². The van der Waals surface area contributed by atoms with Gasteiger partial charge in [0.25, 0.3) is 0 Å². The lowest BCUT2D eigenvalue weighted by atomic mass is 9.70. The number of ketones is 1. The number of benzene rings is 1. The molecule has 1 aliphatic carbocycles. The molecule has 0 saturated carbocycles. The second kappa shape index (κ2) is 7.28. The Morgan fingerprint density at radius 2 is 2.00 bits per heavy atom. The molecule has 1 aromatic carbocycles. The molecule has 148 valence electrons. The van der Waals surface area contributed by atoms with Crippen molar-refractivity contribution in [1.82, 2.24) is 0 Å². The summed E-state index contributed by atoms with van der Waals surface area (Å²) in [5.74, 6) is -0.891. The minimum absolute atomic E-state index is 0.00604. The number of allylic oxidation sites excluding steroid dienone is 2. The Bertz CT molecular complexity index is 1110. The first-order valence-electron chi connectivity index (χ1n) is 9.17. The Balaban J connectivity index is 1.82. The molecule has 2 atom stereocenters. The number of hydrogen-bond acceptors (Lipinski definition) is 5. The number of nitrogens with one attached hydrogen (secondary N) is 1. The molecule has 0 spiro atoms. The lowest BCUT2D eigenvalue weighted by Crippen LogP contribution is -2.38. The largest absolute Gasteiger partial charge is 0.446 e. The van der Waals surface area contributed by atoms with Gasteiger partial charge in [0.05, 0.1) is 11.1 Å². The van der Waals surface area contributed by atoms with E-state index in [-0.39, 0.29) is 17.1 Å². The highest BCUT2D eigenvalue weighted by Gasteiger charge is 2.46. The topological polar surface area (TPSA) is 73.9 Å². The number of ether oxygens (including phenoxy) is 1. The predicted molar refractivity (Wildman–Crippen MR) is 115 cm³/mol. The summed E-state index contributed by atoms with van der Waals surface area (Å²) in [5.41, 5.74) is 1.16. The van der Waals surface area contributed by atoms with E-state index in [0.29, 0.717) is 34.2 Å². The van der Waals surface area contributed by atoms with Crippen molar-refractivity contribution in [3.05, 3.63) is 56.6 Å². The van der Waals surface area contributed by atoms with Gasteiger partial charge in [-0.25, -0.2) is 0 Å². The first-order chi connectivity index (χ1) is 13.7. The summed E-state index contributed by atoms with van der Waals surface area (Å²) in [7, 11) is 0. The Kier molecular flexibility index (Phi) is 5.06. The maximum absolute atomic E-state index is 13.0. The average molecular weight is 445 g/mol. The molecule has 4 nitrogen and oxygen atoms in total. The van der Waals surface area contributed by atoms with Crippen LogP contribution in [0.4, 0.5) is 0 Å².